The first-order valence-corrected chi connectivity index (χ1v) is 10.6. The fraction of sp³-hybridized carbons (Fsp3) is 0.227. The molecule has 7 heteroatoms. The van der Waals surface area contributed by atoms with E-state index in [4.69, 9.17) is 16.3 Å². The fourth-order valence-corrected chi connectivity index (χ4v) is 4.65. The van der Waals surface area contributed by atoms with Crippen LogP contribution in [0.5, 0.6) is 11.5 Å². The number of rotatable bonds is 3. The van der Waals surface area contributed by atoms with Crippen molar-refractivity contribution >= 4 is 51.8 Å². The summed E-state index contributed by atoms with van der Waals surface area (Å²) in [5.41, 5.74) is 2.81. The zero-order valence-corrected chi connectivity index (χ0v) is 18.6. The molecule has 0 radical (unpaired) electrons. The molecule has 5 nitrogen and oxygen atoms in total. The number of aldehydes is 1. The summed E-state index contributed by atoms with van der Waals surface area (Å²) in [6.45, 7) is 1.59. The van der Waals surface area contributed by atoms with Crippen LogP contribution in [0.2, 0.25) is 5.02 Å². The van der Waals surface area contributed by atoms with E-state index in [0.717, 1.165) is 28.7 Å². The molecule has 2 aliphatic rings. The Morgan fingerprint density at radius 2 is 2.14 bits per heavy atom. The number of aliphatic hydroxyl groups excluding tert-OH is 1. The quantitative estimate of drug-likeness (QED) is 0.453. The first kappa shape index (κ1) is 20.4. The van der Waals surface area contributed by atoms with Gasteiger partial charge in [-0.1, -0.05) is 17.7 Å². The first-order chi connectivity index (χ1) is 13.9. The molecule has 2 aromatic rings. The fourth-order valence-electron chi connectivity index (χ4n) is 3.70. The standard InChI is InChI=1S/C22H19ClINO4/c1-25-6-4-12(5-7-25)20-13(11-26)8-17(27)21-18(28)10-19(29-22(20)21)15-3-2-14(24)9-16(15)23/h2-4,8-11,18,27-28H,5-7H2,1H3. The third-order valence-corrected chi connectivity index (χ3v) is 6.19. The van der Waals surface area contributed by atoms with E-state index in [9.17, 15) is 15.0 Å². The Balaban J connectivity index is 1.88. The smallest absolute Gasteiger partial charge is 0.150 e. The molecular weight excluding hydrogens is 505 g/mol. The minimum atomic E-state index is -1.09. The highest BCUT2D eigenvalue weighted by molar-refractivity contribution is 14.1. The number of phenols is 1. The largest absolute Gasteiger partial charge is 0.507 e. The molecule has 1 atom stereocenters. The predicted octanol–water partition coefficient (Wildman–Crippen LogP) is 4.65. The zero-order chi connectivity index (χ0) is 20.7. The van der Waals surface area contributed by atoms with Gasteiger partial charge in [-0.2, -0.15) is 0 Å². The van der Waals surface area contributed by atoms with Gasteiger partial charge in [0.2, 0.25) is 0 Å². The van der Waals surface area contributed by atoms with Crippen molar-refractivity contribution < 1.29 is 19.7 Å². The molecule has 0 aromatic heterocycles. The highest BCUT2D eigenvalue weighted by Crippen LogP contribution is 2.48. The second-order valence-corrected chi connectivity index (χ2v) is 8.82. The maximum atomic E-state index is 11.8. The predicted molar refractivity (Wildman–Crippen MR) is 121 cm³/mol. The van der Waals surface area contributed by atoms with Crippen LogP contribution in [0.25, 0.3) is 11.3 Å². The van der Waals surface area contributed by atoms with Crippen molar-refractivity contribution in [3.05, 3.63) is 67.3 Å². The normalized spacial score (nSPS) is 19.1. The summed E-state index contributed by atoms with van der Waals surface area (Å²) in [5, 5.41) is 21.7. The lowest BCUT2D eigenvalue weighted by Crippen LogP contribution is -2.24. The molecule has 0 fully saturated rings. The van der Waals surface area contributed by atoms with Crippen molar-refractivity contribution in [2.75, 3.05) is 20.1 Å². The number of aromatic hydroxyl groups is 1. The topological polar surface area (TPSA) is 70.0 Å². The lowest BCUT2D eigenvalue weighted by atomic mass is 9.89. The van der Waals surface area contributed by atoms with Gasteiger partial charge in [-0.15, -0.1) is 0 Å². The van der Waals surface area contributed by atoms with Crippen LogP contribution in [0, 0.1) is 3.57 Å². The van der Waals surface area contributed by atoms with Crippen LogP contribution in [-0.4, -0.2) is 41.5 Å². The number of hydrogen-bond acceptors (Lipinski definition) is 5. The van der Waals surface area contributed by atoms with E-state index in [-0.39, 0.29) is 11.3 Å². The maximum absolute atomic E-state index is 11.8. The molecule has 4 rings (SSSR count). The van der Waals surface area contributed by atoms with Crippen LogP contribution in [-0.2, 0) is 0 Å². The SMILES string of the molecule is CN1CC=C(c2c(C=O)cc(O)c3c2OC(c2ccc(I)cc2Cl)=CC3O)CC1. The Labute approximate surface area is 187 Å². The van der Waals surface area contributed by atoms with Crippen LogP contribution < -0.4 is 4.74 Å². The molecule has 2 N–H and O–H groups in total. The summed E-state index contributed by atoms with van der Waals surface area (Å²) in [4.78, 5) is 14.0. The molecule has 0 spiro atoms. The molecule has 29 heavy (non-hydrogen) atoms. The highest BCUT2D eigenvalue weighted by atomic mass is 127. The average Bonchev–Trinajstić information content (AvgIpc) is 2.68. The van der Waals surface area contributed by atoms with Crippen molar-refractivity contribution in [1.82, 2.24) is 4.90 Å². The lowest BCUT2D eigenvalue weighted by molar-refractivity contribution is 0.112. The molecular formula is C22H19ClINO4. The number of likely N-dealkylation sites (N-methyl/N-ethyl adjacent to an activating group) is 1. The molecule has 0 saturated heterocycles. The van der Waals surface area contributed by atoms with Crippen molar-refractivity contribution in [3.8, 4) is 11.5 Å². The van der Waals surface area contributed by atoms with Gasteiger partial charge in [0.25, 0.3) is 0 Å². The van der Waals surface area contributed by atoms with Crippen molar-refractivity contribution in [3.63, 3.8) is 0 Å². The van der Waals surface area contributed by atoms with Gasteiger partial charge in [0, 0.05) is 33.4 Å². The van der Waals surface area contributed by atoms with Crippen LogP contribution in [0.1, 0.15) is 39.6 Å². The van der Waals surface area contributed by atoms with Gasteiger partial charge in [-0.3, -0.25) is 4.79 Å². The summed E-state index contributed by atoms with van der Waals surface area (Å²) in [5.74, 6) is 0.530. The molecule has 2 aliphatic heterocycles. The van der Waals surface area contributed by atoms with Crippen LogP contribution in [0.3, 0.4) is 0 Å². The number of ether oxygens (including phenoxy) is 1. The van der Waals surface area contributed by atoms with Crippen LogP contribution in [0.4, 0.5) is 0 Å². The molecule has 0 saturated carbocycles. The number of phenolic OH excluding ortho intramolecular Hbond substituents is 1. The van der Waals surface area contributed by atoms with Gasteiger partial charge in [0.05, 0.1) is 10.6 Å². The molecule has 0 aliphatic carbocycles. The summed E-state index contributed by atoms with van der Waals surface area (Å²) >= 11 is 8.57. The van der Waals surface area contributed by atoms with Gasteiger partial charge < -0.3 is 19.8 Å². The molecule has 1 unspecified atom stereocenters. The van der Waals surface area contributed by atoms with E-state index in [1.54, 1.807) is 0 Å². The highest BCUT2D eigenvalue weighted by Gasteiger charge is 2.31. The summed E-state index contributed by atoms with van der Waals surface area (Å²) < 4.78 is 7.16. The average molecular weight is 524 g/mol. The lowest BCUT2D eigenvalue weighted by Gasteiger charge is -2.29. The second-order valence-electron chi connectivity index (χ2n) is 7.16. The van der Waals surface area contributed by atoms with E-state index in [1.807, 2.05) is 25.2 Å². The number of benzene rings is 2. The molecule has 0 amide bonds. The van der Waals surface area contributed by atoms with Gasteiger partial charge in [-0.25, -0.2) is 0 Å². The van der Waals surface area contributed by atoms with Gasteiger partial charge >= 0.3 is 0 Å². The van der Waals surface area contributed by atoms with Crippen molar-refractivity contribution in [1.29, 1.82) is 0 Å². The van der Waals surface area contributed by atoms with E-state index in [0.29, 0.717) is 39.5 Å². The van der Waals surface area contributed by atoms with Crippen molar-refractivity contribution in [2.45, 2.75) is 12.5 Å². The van der Waals surface area contributed by atoms with E-state index >= 15 is 0 Å². The number of hydrogen-bond donors (Lipinski definition) is 2. The molecule has 2 aromatic carbocycles. The Morgan fingerprint density at radius 1 is 1.34 bits per heavy atom. The van der Waals surface area contributed by atoms with Gasteiger partial charge in [0.15, 0.2) is 6.29 Å². The Bertz CT molecular complexity index is 1060. The van der Waals surface area contributed by atoms with E-state index in [2.05, 4.69) is 33.6 Å². The Morgan fingerprint density at radius 3 is 2.79 bits per heavy atom. The molecule has 0 bridgehead atoms. The maximum Gasteiger partial charge on any atom is 0.150 e. The summed E-state index contributed by atoms with van der Waals surface area (Å²) in [6.07, 6.45) is 3.92. The van der Waals surface area contributed by atoms with E-state index in [1.165, 1.54) is 12.1 Å². The number of carbonyl (C=O) groups excluding carboxylic acids is 1. The number of fused-ring (bicyclic) bond motifs is 1. The molecule has 150 valence electrons. The Kier molecular flexibility index (Phi) is 5.70. The van der Waals surface area contributed by atoms with Crippen LogP contribution in [0.15, 0.2) is 36.4 Å². The monoisotopic (exact) mass is 523 g/mol. The first-order valence-electron chi connectivity index (χ1n) is 9.15. The minimum Gasteiger partial charge on any atom is -0.507 e. The minimum absolute atomic E-state index is 0.170. The molecule has 2 heterocycles. The van der Waals surface area contributed by atoms with Gasteiger partial charge in [-0.05, 0) is 72.0 Å². The number of nitrogens with zero attached hydrogens (tertiary/aromatic N) is 1. The number of aliphatic hydroxyl groups is 1. The summed E-state index contributed by atoms with van der Waals surface area (Å²) in [6, 6.07) is 6.92. The van der Waals surface area contributed by atoms with Crippen molar-refractivity contribution in [2.24, 2.45) is 0 Å². The van der Waals surface area contributed by atoms with Gasteiger partial charge in [0.1, 0.15) is 23.4 Å². The third kappa shape index (κ3) is 3.82. The third-order valence-electron chi connectivity index (χ3n) is 5.20. The second kappa shape index (κ2) is 8.10. The Hall–Kier alpha value is -1.87. The number of halogens is 2. The van der Waals surface area contributed by atoms with Crippen LogP contribution >= 0.6 is 34.2 Å². The van der Waals surface area contributed by atoms with E-state index < -0.39 is 6.10 Å². The number of carbonyl (C=O) groups is 1. The summed E-state index contributed by atoms with van der Waals surface area (Å²) in [7, 11) is 2.03. The zero-order valence-electron chi connectivity index (χ0n) is 15.7.